The Hall–Kier alpha value is -3.12. The van der Waals surface area contributed by atoms with E-state index in [1.165, 1.54) is 16.9 Å². The Bertz CT molecular complexity index is 1060. The summed E-state index contributed by atoms with van der Waals surface area (Å²) in [5.74, 6) is 0.214. The summed E-state index contributed by atoms with van der Waals surface area (Å²) in [7, 11) is 0. The molecule has 1 amide bonds. The van der Waals surface area contributed by atoms with Crippen molar-refractivity contribution in [3.05, 3.63) is 70.6 Å². The Morgan fingerprint density at radius 2 is 1.84 bits per heavy atom. The Morgan fingerprint density at radius 3 is 2.53 bits per heavy atom. The van der Waals surface area contributed by atoms with E-state index in [1.807, 2.05) is 48.7 Å². The van der Waals surface area contributed by atoms with E-state index in [1.54, 1.807) is 6.92 Å². The fraction of sp³-hybridized carbons (Fsp3) is 0.308. The van der Waals surface area contributed by atoms with Gasteiger partial charge in [-0.05, 0) is 55.5 Å². The summed E-state index contributed by atoms with van der Waals surface area (Å²) in [5.41, 5.74) is 4.46. The molecule has 1 N–H and O–H groups in total. The van der Waals surface area contributed by atoms with Crippen LogP contribution in [0.25, 0.3) is 11.1 Å². The van der Waals surface area contributed by atoms with Gasteiger partial charge < -0.3 is 14.8 Å². The second kappa shape index (κ2) is 11.5. The monoisotopic (exact) mass is 451 g/mol. The van der Waals surface area contributed by atoms with Crippen LogP contribution < -0.4 is 10.1 Å². The zero-order valence-corrected chi connectivity index (χ0v) is 19.6. The van der Waals surface area contributed by atoms with E-state index in [0.29, 0.717) is 30.0 Å². The molecule has 0 aliphatic carbocycles. The average Bonchev–Trinajstić information content (AvgIpc) is 3.20. The highest BCUT2D eigenvalue weighted by Gasteiger charge is 2.22. The predicted octanol–water partition coefficient (Wildman–Crippen LogP) is 6.26. The van der Waals surface area contributed by atoms with Crippen molar-refractivity contribution in [1.82, 2.24) is 0 Å². The fourth-order valence-electron chi connectivity index (χ4n) is 3.31. The topological polar surface area (TPSA) is 64.6 Å². The number of hydrogen-bond acceptors (Lipinski definition) is 5. The fourth-order valence-corrected chi connectivity index (χ4v) is 4.28. The number of esters is 1. The van der Waals surface area contributed by atoms with E-state index in [0.717, 1.165) is 28.9 Å². The van der Waals surface area contributed by atoms with Crippen LogP contribution >= 0.6 is 11.3 Å². The van der Waals surface area contributed by atoms with Gasteiger partial charge in [0, 0.05) is 17.4 Å². The molecule has 1 aromatic heterocycles. The summed E-state index contributed by atoms with van der Waals surface area (Å²) >= 11 is 1.34. The molecule has 0 radical (unpaired) electrons. The minimum absolute atomic E-state index is 0.155. The van der Waals surface area contributed by atoms with E-state index in [-0.39, 0.29) is 12.5 Å². The first kappa shape index (κ1) is 23.5. The van der Waals surface area contributed by atoms with Gasteiger partial charge in [0.05, 0.1) is 13.2 Å². The van der Waals surface area contributed by atoms with Crippen LogP contribution in [0.2, 0.25) is 0 Å². The number of ether oxygens (including phenoxy) is 2. The molecule has 0 saturated heterocycles. The first-order chi connectivity index (χ1) is 15.5. The molecule has 0 bridgehead atoms. The smallest absolute Gasteiger partial charge is 0.341 e. The van der Waals surface area contributed by atoms with Gasteiger partial charge in [0.1, 0.15) is 16.3 Å². The Kier molecular flexibility index (Phi) is 8.45. The van der Waals surface area contributed by atoms with Crippen molar-refractivity contribution in [2.45, 2.75) is 40.0 Å². The highest BCUT2D eigenvalue weighted by atomic mass is 32.1. The lowest BCUT2D eigenvalue weighted by atomic mass is 10.0. The van der Waals surface area contributed by atoms with Crippen LogP contribution in [0.3, 0.4) is 0 Å². The summed E-state index contributed by atoms with van der Waals surface area (Å²) in [5, 5.41) is 5.30. The maximum atomic E-state index is 12.7. The van der Waals surface area contributed by atoms with Crippen LogP contribution in [0.1, 0.15) is 48.2 Å². The van der Waals surface area contributed by atoms with Gasteiger partial charge in [-0.15, -0.1) is 11.3 Å². The van der Waals surface area contributed by atoms with Gasteiger partial charge in [0.15, 0.2) is 0 Å². The van der Waals surface area contributed by atoms with Crippen molar-refractivity contribution in [2.24, 2.45) is 0 Å². The molecule has 1 heterocycles. The maximum Gasteiger partial charge on any atom is 0.341 e. The second-order valence-corrected chi connectivity index (χ2v) is 8.32. The van der Waals surface area contributed by atoms with E-state index in [4.69, 9.17) is 9.47 Å². The van der Waals surface area contributed by atoms with Crippen LogP contribution in [-0.4, -0.2) is 25.1 Å². The van der Waals surface area contributed by atoms with Crippen molar-refractivity contribution in [2.75, 3.05) is 18.5 Å². The Labute approximate surface area is 193 Å². The largest absolute Gasteiger partial charge is 0.494 e. The standard InChI is InChI=1S/C26H29NO4S/c1-4-19-11-13-20(14-12-19)22-17-32-25(24(22)26(29)30-5-2)27-23(28)10-7-15-31-21-9-6-8-18(3)16-21/h6,8-9,11-14,16-17H,4-5,7,10,15H2,1-3H3,(H,27,28). The first-order valence-electron chi connectivity index (χ1n) is 10.9. The van der Waals surface area contributed by atoms with Crippen LogP contribution in [0.15, 0.2) is 53.9 Å². The molecular weight excluding hydrogens is 422 g/mol. The molecule has 0 aliphatic heterocycles. The van der Waals surface area contributed by atoms with Crippen molar-refractivity contribution in [3.63, 3.8) is 0 Å². The number of nitrogens with one attached hydrogen (secondary N) is 1. The third-order valence-corrected chi connectivity index (χ3v) is 5.90. The number of anilines is 1. The summed E-state index contributed by atoms with van der Waals surface area (Å²) in [6.07, 6.45) is 1.82. The van der Waals surface area contributed by atoms with Gasteiger partial charge in [0.25, 0.3) is 0 Å². The lowest BCUT2D eigenvalue weighted by Crippen LogP contribution is -2.15. The van der Waals surface area contributed by atoms with Gasteiger partial charge in [-0.3, -0.25) is 4.79 Å². The zero-order chi connectivity index (χ0) is 22.9. The Morgan fingerprint density at radius 1 is 1.06 bits per heavy atom. The number of aryl methyl sites for hydroxylation is 2. The molecular formula is C26H29NO4S. The number of hydrogen-bond donors (Lipinski definition) is 1. The third-order valence-electron chi connectivity index (χ3n) is 5.00. The molecule has 3 aromatic rings. The molecule has 0 atom stereocenters. The van der Waals surface area contributed by atoms with E-state index >= 15 is 0 Å². The minimum Gasteiger partial charge on any atom is -0.494 e. The van der Waals surface area contributed by atoms with Crippen molar-refractivity contribution >= 4 is 28.2 Å². The number of benzene rings is 2. The SMILES string of the molecule is CCOC(=O)c1c(-c2ccc(CC)cc2)csc1NC(=O)CCCOc1cccc(C)c1. The van der Waals surface area contributed by atoms with Gasteiger partial charge in [-0.25, -0.2) is 4.79 Å². The second-order valence-electron chi connectivity index (χ2n) is 7.44. The third kappa shape index (κ3) is 6.20. The van der Waals surface area contributed by atoms with Crippen molar-refractivity contribution in [1.29, 1.82) is 0 Å². The lowest BCUT2D eigenvalue weighted by Gasteiger charge is -2.10. The molecule has 0 spiro atoms. The predicted molar refractivity (Wildman–Crippen MR) is 130 cm³/mol. The molecule has 5 nitrogen and oxygen atoms in total. The summed E-state index contributed by atoms with van der Waals surface area (Å²) in [6, 6.07) is 15.9. The first-order valence-corrected chi connectivity index (χ1v) is 11.8. The summed E-state index contributed by atoms with van der Waals surface area (Å²) in [6.45, 7) is 6.60. The number of thiophene rings is 1. The van der Waals surface area contributed by atoms with E-state index in [2.05, 4.69) is 24.4 Å². The highest BCUT2D eigenvalue weighted by molar-refractivity contribution is 7.15. The van der Waals surface area contributed by atoms with E-state index < -0.39 is 5.97 Å². The molecule has 6 heteroatoms. The quantitative estimate of drug-likeness (QED) is 0.292. The lowest BCUT2D eigenvalue weighted by molar-refractivity contribution is -0.116. The molecule has 0 fully saturated rings. The van der Waals surface area contributed by atoms with Gasteiger partial charge in [0.2, 0.25) is 5.91 Å². The van der Waals surface area contributed by atoms with Crippen LogP contribution in [0, 0.1) is 6.92 Å². The van der Waals surface area contributed by atoms with Gasteiger partial charge in [-0.2, -0.15) is 0 Å². The minimum atomic E-state index is -0.429. The van der Waals surface area contributed by atoms with E-state index in [9.17, 15) is 9.59 Å². The number of carbonyl (C=O) groups excluding carboxylic acids is 2. The average molecular weight is 452 g/mol. The van der Waals surface area contributed by atoms with Crippen LogP contribution in [0.4, 0.5) is 5.00 Å². The number of amides is 1. The molecule has 0 saturated carbocycles. The van der Waals surface area contributed by atoms with Gasteiger partial charge in [-0.1, -0.05) is 43.3 Å². The summed E-state index contributed by atoms with van der Waals surface area (Å²) in [4.78, 5) is 25.2. The molecule has 2 aromatic carbocycles. The number of carbonyl (C=O) groups is 2. The van der Waals surface area contributed by atoms with Crippen LogP contribution in [0.5, 0.6) is 5.75 Å². The molecule has 0 aliphatic rings. The molecule has 3 rings (SSSR count). The molecule has 32 heavy (non-hydrogen) atoms. The normalized spacial score (nSPS) is 10.6. The highest BCUT2D eigenvalue weighted by Crippen LogP contribution is 2.36. The van der Waals surface area contributed by atoms with Crippen LogP contribution in [-0.2, 0) is 16.0 Å². The van der Waals surface area contributed by atoms with Crippen molar-refractivity contribution in [3.8, 4) is 16.9 Å². The molecule has 168 valence electrons. The molecule has 0 unspecified atom stereocenters. The Balaban J connectivity index is 1.66. The number of rotatable bonds is 10. The maximum absolute atomic E-state index is 12.7. The summed E-state index contributed by atoms with van der Waals surface area (Å²) < 4.78 is 11.0. The van der Waals surface area contributed by atoms with Crippen molar-refractivity contribution < 1.29 is 19.1 Å². The van der Waals surface area contributed by atoms with Gasteiger partial charge >= 0.3 is 5.97 Å². The zero-order valence-electron chi connectivity index (χ0n) is 18.8.